The van der Waals surface area contributed by atoms with Gasteiger partial charge in [0.1, 0.15) is 17.4 Å². The molecule has 0 bridgehead atoms. The Balaban J connectivity index is 1.46. The van der Waals surface area contributed by atoms with Crippen molar-refractivity contribution in [2.75, 3.05) is 31.2 Å². The molecule has 6 atom stereocenters. The van der Waals surface area contributed by atoms with Crippen molar-refractivity contribution in [3.05, 3.63) is 48.6 Å². The fourth-order valence-corrected chi connectivity index (χ4v) is 8.54. The second-order valence-corrected chi connectivity index (χ2v) is 13.3. The quantitative estimate of drug-likeness (QED) is 0.448. The Morgan fingerprint density at radius 3 is 2.27 bits per heavy atom. The molecule has 44 heavy (non-hydrogen) atoms. The summed E-state index contributed by atoms with van der Waals surface area (Å²) in [6.45, 7) is 8.86. The van der Waals surface area contributed by atoms with Gasteiger partial charge in [0, 0.05) is 24.8 Å². The van der Waals surface area contributed by atoms with Gasteiger partial charge in [-0.1, -0.05) is 64.3 Å². The minimum Gasteiger partial charge on any atom is -0.494 e. The van der Waals surface area contributed by atoms with Gasteiger partial charge < -0.3 is 29.3 Å². The third kappa shape index (κ3) is 4.69. The number of benzene rings is 1. The van der Waals surface area contributed by atoms with Gasteiger partial charge in [-0.3, -0.25) is 14.4 Å². The Bertz CT molecular complexity index is 1320. The third-order valence-electron chi connectivity index (χ3n) is 10.7. The lowest BCUT2D eigenvalue weighted by molar-refractivity contribution is -0.158. The van der Waals surface area contributed by atoms with Crippen LogP contribution in [0.3, 0.4) is 0 Å². The zero-order valence-electron chi connectivity index (χ0n) is 26.5. The van der Waals surface area contributed by atoms with Gasteiger partial charge in [-0.2, -0.15) is 0 Å². The number of rotatable bonds is 8. The van der Waals surface area contributed by atoms with Crippen LogP contribution in [0.1, 0.15) is 66.2 Å². The SMILES string of the molecule is CCOc1ccc(N2CC=C[C@]3(CC)O[C@]45C=CCN(C6CCCCC6)C(=O)C4N([C@@H](CO)C(C)C)C(=O)[C@@H]5[C@@H]3C2=O)cc1. The molecule has 1 aliphatic carbocycles. The van der Waals surface area contributed by atoms with Gasteiger partial charge >= 0.3 is 0 Å². The number of amides is 3. The number of aliphatic hydroxyl groups is 1. The van der Waals surface area contributed by atoms with Crippen molar-refractivity contribution in [2.45, 2.75) is 95.5 Å². The number of anilines is 1. The fraction of sp³-hybridized carbons (Fsp3) is 0.629. The van der Waals surface area contributed by atoms with E-state index in [0.717, 1.165) is 37.9 Å². The van der Waals surface area contributed by atoms with Gasteiger partial charge in [-0.15, -0.1) is 0 Å². The maximum absolute atomic E-state index is 14.8. The largest absolute Gasteiger partial charge is 0.494 e. The summed E-state index contributed by atoms with van der Waals surface area (Å²) < 4.78 is 12.8. The van der Waals surface area contributed by atoms with Crippen LogP contribution >= 0.6 is 0 Å². The van der Waals surface area contributed by atoms with E-state index in [1.807, 2.05) is 81.2 Å². The van der Waals surface area contributed by atoms with Crippen molar-refractivity contribution in [1.29, 1.82) is 0 Å². The molecule has 1 aromatic rings. The smallest absolute Gasteiger partial charge is 0.249 e. The first-order chi connectivity index (χ1) is 21.2. The van der Waals surface area contributed by atoms with E-state index in [2.05, 4.69) is 0 Å². The third-order valence-corrected chi connectivity index (χ3v) is 10.7. The molecule has 6 rings (SSSR count). The Labute approximate surface area is 260 Å². The molecular weight excluding hydrogens is 558 g/mol. The second-order valence-electron chi connectivity index (χ2n) is 13.3. The first-order valence-corrected chi connectivity index (χ1v) is 16.6. The van der Waals surface area contributed by atoms with Gasteiger partial charge in [-0.05, 0) is 56.4 Å². The molecule has 9 heteroatoms. The first kappa shape index (κ1) is 30.8. The Morgan fingerprint density at radius 1 is 0.932 bits per heavy atom. The average Bonchev–Trinajstić information content (AvgIpc) is 3.31. The number of hydrogen-bond acceptors (Lipinski definition) is 6. The van der Waals surface area contributed by atoms with E-state index in [1.165, 1.54) is 0 Å². The van der Waals surface area contributed by atoms with Gasteiger partial charge in [-0.25, -0.2) is 0 Å². The van der Waals surface area contributed by atoms with Crippen molar-refractivity contribution in [3.63, 3.8) is 0 Å². The van der Waals surface area contributed by atoms with Gasteiger partial charge in [0.15, 0.2) is 0 Å². The van der Waals surface area contributed by atoms with Crippen LogP contribution in [0.5, 0.6) is 5.75 Å². The number of fused-ring (bicyclic) bond motifs is 2. The molecule has 3 fully saturated rings. The summed E-state index contributed by atoms with van der Waals surface area (Å²) in [5.74, 6) is -1.77. The predicted molar refractivity (Wildman–Crippen MR) is 167 cm³/mol. The highest BCUT2D eigenvalue weighted by molar-refractivity contribution is 6.04. The summed E-state index contributed by atoms with van der Waals surface area (Å²) in [6.07, 6.45) is 13.5. The lowest BCUT2D eigenvalue weighted by Crippen LogP contribution is -2.61. The molecule has 1 saturated carbocycles. The van der Waals surface area contributed by atoms with Crippen molar-refractivity contribution in [1.82, 2.24) is 9.80 Å². The van der Waals surface area contributed by atoms with E-state index in [4.69, 9.17) is 9.47 Å². The molecule has 1 aromatic carbocycles. The number of likely N-dealkylation sites (tertiary alicyclic amines) is 1. The highest BCUT2D eigenvalue weighted by Crippen LogP contribution is 2.59. The van der Waals surface area contributed by atoms with Gasteiger partial charge in [0.2, 0.25) is 17.7 Å². The van der Waals surface area contributed by atoms with Crippen LogP contribution in [0.15, 0.2) is 48.6 Å². The normalized spacial score (nSPS) is 32.9. The lowest BCUT2D eigenvalue weighted by atomic mass is 9.73. The van der Waals surface area contributed by atoms with Crippen LogP contribution in [-0.2, 0) is 19.1 Å². The number of aliphatic hydroxyl groups excluding tert-OH is 1. The molecule has 238 valence electrons. The summed E-state index contributed by atoms with van der Waals surface area (Å²) in [5, 5.41) is 10.6. The van der Waals surface area contributed by atoms with Gasteiger partial charge in [0.05, 0.1) is 36.7 Å². The molecule has 3 amide bonds. The van der Waals surface area contributed by atoms with Crippen LogP contribution in [-0.4, -0.2) is 88.3 Å². The number of carbonyl (C=O) groups is 3. The highest BCUT2D eigenvalue weighted by Gasteiger charge is 2.76. The van der Waals surface area contributed by atoms with Crippen LogP contribution in [0, 0.1) is 17.8 Å². The maximum Gasteiger partial charge on any atom is 0.249 e. The van der Waals surface area contributed by atoms with Crippen LogP contribution in [0.25, 0.3) is 0 Å². The standard InChI is InChI=1S/C35H47N3O6/c1-5-34-18-10-20-36(25-14-16-26(17-15-25)43-6-2)31(40)28(34)29-32(41)38(27(22-39)23(3)4)30-33(42)37(24-12-8-7-9-13-24)21-11-19-35(29,30)44-34/h10-11,14-19,23-24,27-30,39H,5-9,12-13,20-22H2,1-4H3/t27-,28+,29-,30?,34-,35-/m0/s1. The van der Waals surface area contributed by atoms with E-state index in [0.29, 0.717) is 31.8 Å². The minimum absolute atomic E-state index is 0.0994. The van der Waals surface area contributed by atoms with Crippen molar-refractivity contribution < 1.29 is 29.0 Å². The maximum atomic E-state index is 14.8. The molecule has 2 saturated heterocycles. The molecule has 1 unspecified atom stereocenters. The Morgan fingerprint density at radius 2 is 1.64 bits per heavy atom. The molecule has 0 radical (unpaired) electrons. The van der Waals surface area contributed by atoms with E-state index >= 15 is 0 Å². The van der Waals surface area contributed by atoms with Crippen LogP contribution in [0.4, 0.5) is 5.69 Å². The Kier molecular flexibility index (Phi) is 8.39. The second kappa shape index (κ2) is 12.0. The molecule has 1 N–H and O–H groups in total. The first-order valence-electron chi connectivity index (χ1n) is 16.6. The molecule has 0 aromatic heterocycles. The molecule has 5 aliphatic rings. The number of ether oxygens (including phenoxy) is 2. The molecular formula is C35H47N3O6. The lowest BCUT2D eigenvalue weighted by Gasteiger charge is -2.43. The molecule has 9 nitrogen and oxygen atoms in total. The van der Waals surface area contributed by atoms with Crippen molar-refractivity contribution >= 4 is 23.4 Å². The van der Waals surface area contributed by atoms with E-state index < -0.39 is 35.1 Å². The zero-order chi connectivity index (χ0) is 31.2. The van der Waals surface area contributed by atoms with Gasteiger partial charge in [0.25, 0.3) is 0 Å². The highest BCUT2D eigenvalue weighted by atomic mass is 16.5. The predicted octanol–water partition coefficient (Wildman–Crippen LogP) is 4.10. The Hall–Kier alpha value is -3.17. The van der Waals surface area contributed by atoms with Crippen LogP contribution in [0.2, 0.25) is 0 Å². The number of hydrogen-bond donors (Lipinski definition) is 1. The summed E-state index contributed by atoms with van der Waals surface area (Å²) in [6, 6.07) is 5.98. The summed E-state index contributed by atoms with van der Waals surface area (Å²) in [7, 11) is 0. The topological polar surface area (TPSA) is 99.6 Å². The summed E-state index contributed by atoms with van der Waals surface area (Å²) in [4.78, 5) is 49.6. The fourth-order valence-electron chi connectivity index (χ4n) is 8.54. The van der Waals surface area contributed by atoms with Crippen molar-refractivity contribution in [3.8, 4) is 5.75 Å². The molecule has 1 spiro atoms. The van der Waals surface area contributed by atoms with E-state index in [9.17, 15) is 19.5 Å². The zero-order valence-corrected chi connectivity index (χ0v) is 26.5. The van der Waals surface area contributed by atoms with Crippen LogP contribution < -0.4 is 9.64 Å². The average molecular weight is 606 g/mol. The summed E-state index contributed by atoms with van der Waals surface area (Å²) in [5.41, 5.74) is -1.68. The molecule has 4 aliphatic heterocycles. The number of nitrogens with zero attached hydrogens (tertiary/aromatic N) is 3. The van der Waals surface area contributed by atoms with E-state index in [-0.39, 0.29) is 36.3 Å². The van der Waals surface area contributed by atoms with Crippen molar-refractivity contribution in [2.24, 2.45) is 17.8 Å². The summed E-state index contributed by atoms with van der Waals surface area (Å²) >= 11 is 0. The minimum atomic E-state index is -1.33. The monoisotopic (exact) mass is 605 g/mol. The number of carbonyl (C=O) groups excluding carboxylic acids is 3. The molecule has 4 heterocycles. The van der Waals surface area contributed by atoms with E-state index in [1.54, 1.807) is 9.80 Å².